The highest BCUT2D eigenvalue weighted by atomic mass is 16.5. The van der Waals surface area contributed by atoms with Crippen LogP contribution >= 0.6 is 0 Å². The minimum atomic E-state index is -1.57. The summed E-state index contributed by atoms with van der Waals surface area (Å²) in [5.74, 6) is -9.51. The Labute approximate surface area is 257 Å². The average Bonchev–Trinajstić information content (AvgIpc) is 3.46. The summed E-state index contributed by atoms with van der Waals surface area (Å²) in [5.41, 5.74) is -0.145. The zero-order valence-corrected chi connectivity index (χ0v) is 25.2. The number of nitrogens with zero attached hydrogens (tertiary/aromatic N) is 2. The number of carbonyl (C=O) groups excluding carboxylic acids is 7. The summed E-state index contributed by atoms with van der Waals surface area (Å²) in [6.07, 6.45) is 0. The van der Waals surface area contributed by atoms with E-state index in [0.29, 0.717) is 5.57 Å². The van der Waals surface area contributed by atoms with Crippen LogP contribution in [0.15, 0.2) is 59.7 Å². The maximum absolute atomic E-state index is 14.3. The molecule has 45 heavy (non-hydrogen) atoms. The lowest BCUT2D eigenvalue weighted by molar-refractivity contribution is -0.155. The molecule has 232 valence electrons. The van der Waals surface area contributed by atoms with E-state index in [0.717, 1.165) is 9.80 Å². The first-order valence-corrected chi connectivity index (χ1v) is 14.4. The number of amides is 4. The summed E-state index contributed by atoms with van der Waals surface area (Å²) >= 11 is 0. The van der Waals surface area contributed by atoms with Crippen molar-refractivity contribution in [2.45, 2.75) is 20.8 Å². The SMILES string of the molecule is CCOC(=O)C1=C(C)C2C3C(=O)N(c4ccc(C(=O)OC)cc4)C(=O)C3C1(C)C1C(=O)N(c3ccc(C(=O)OC)cc3)C(=O)C21. The molecule has 2 bridgehead atoms. The number of ether oxygens (including phenoxy) is 3. The van der Waals surface area contributed by atoms with E-state index in [1.165, 1.54) is 62.8 Å². The van der Waals surface area contributed by atoms with Crippen LogP contribution in [0, 0.1) is 35.0 Å². The summed E-state index contributed by atoms with van der Waals surface area (Å²) in [6.45, 7) is 4.92. The number of carbonyl (C=O) groups is 7. The molecule has 4 atom stereocenters. The molecule has 7 rings (SSSR count). The van der Waals surface area contributed by atoms with E-state index in [1.807, 2.05) is 0 Å². The first-order chi connectivity index (χ1) is 21.4. The van der Waals surface area contributed by atoms with Crippen molar-refractivity contribution in [3.63, 3.8) is 0 Å². The standard InChI is InChI=1S/C33H30N2O10/c1-6-45-32(42)23-15(2)20-21-24(28(38)34(26(21)36)18-11-7-16(8-12-18)30(40)43-4)33(23,3)25-22(20)27(37)35(29(25)39)19-13-9-17(10-14-19)31(41)44-5/h7-14,20-22,24-25H,6H2,1-5H3. The molecule has 0 N–H and O–H groups in total. The highest BCUT2D eigenvalue weighted by molar-refractivity contribution is 6.27. The third-order valence-corrected chi connectivity index (χ3v) is 9.77. The fourth-order valence-electron chi connectivity index (χ4n) is 8.05. The molecule has 12 nitrogen and oxygen atoms in total. The Kier molecular flexibility index (Phi) is 6.98. The van der Waals surface area contributed by atoms with Gasteiger partial charge in [0.2, 0.25) is 23.6 Å². The van der Waals surface area contributed by atoms with Crippen LogP contribution in [0.25, 0.3) is 0 Å². The van der Waals surface area contributed by atoms with Gasteiger partial charge in [0.05, 0.1) is 67.0 Å². The van der Waals surface area contributed by atoms with Gasteiger partial charge >= 0.3 is 17.9 Å². The number of methoxy groups -OCH3 is 2. The van der Waals surface area contributed by atoms with Gasteiger partial charge in [-0.05, 0) is 62.4 Å². The van der Waals surface area contributed by atoms with Crippen molar-refractivity contribution < 1.29 is 47.8 Å². The molecule has 2 aromatic carbocycles. The van der Waals surface area contributed by atoms with E-state index in [-0.39, 0.29) is 34.7 Å². The largest absolute Gasteiger partial charge is 0.465 e. The lowest BCUT2D eigenvalue weighted by atomic mass is 9.43. The van der Waals surface area contributed by atoms with Crippen molar-refractivity contribution in [3.8, 4) is 0 Å². The maximum atomic E-state index is 14.3. The second-order valence-corrected chi connectivity index (χ2v) is 11.7. The van der Waals surface area contributed by atoms with Gasteiger partial charge in [0, 0.05) is 16.9 Å². The molecule has 2 heterocycles. The van der Waals surface area contributed by atoms with Crippen molar-refractivity contribution in [2.24, 2.45) is 35.0 Å². The predicted molar refractivity (Wildman–Crippen MR) is 155 cm³/mol. The molecule has 2 aromatic rings. The van der Waals surface area contributed by atoms with Crippen LogP contribution in [-0.2, 0) is 38.2 Å². The average molecular weight is 615 g/mol. The Balaban J connectivity index is 1.47. The number of hydrogen-bond donors (Lipinski definition) is 0. The third kappa shape index (κ3) is 3.94. The van der Waals surface area contributed by atoms with Crippen molar-refractivity contribution in [2.75, 3.05) is 30.6 Å². The van der Waals surface area contributed by atoms with E-state index < -0.39 is 76.5 Å². The van der Waals surface area contributed by atoms with Crippen LogP contribution < -0.4 is 9.80 Å². The lowest BCUT2D eigenvalue weighted by Gasteiger charge is -2.55. The molecule has 2 saturated heterocycles. The van der Waals surface area contributed by atoms with Gasteiger partial charge < -0.3 is 14.2 Å². The van der Waals surface area contributed by atoms with Crippen LogP contribution in [0.5, 0.6) is 0 Å². The number of rotatable bonds is 6. The fourth-order valence-corrected chi connectivity index (χ4v) is 8.05. The van der Waals surface area contributed by atoms with Crippen molar-refractivity contribution in [3.05, 3.63) is 70.8 Å². The van der Waals surface area contributed by atoms with E-state index in [2.05, 4.69) is 0 Å². The van der Waals surface area contributed by atoms with Gasteiger partial charge in [-0.2, -0.15) is 0 Å². The van der Waals surface area contributed by atoms with Gasteiger partial charge in [0.15, 0.2) is 0 Å². The normalized spacial score (nSPS) is 28.3. The van der Waals surface area contributed by atoms with Crippen LogP contribution in [0.4, 0.5) is 11.4 Å². The Morgan fingerprint density at radius 3 is 1.42 bits per heavy atom. The van der Waals surface area contributed by atoms with E-state index in [9.17, 15) is 33.6 Å². The summed E-state index contributed by atoms with van der Waals surface area (Å²) in [5, 5.41) is 0. The highest BCUT2D eigenvalue weighted by Crippen LogP contribution is 2.68. The molecule has 5 aliphatic rings. The summed E-state index contributed by atoms with van der Waals surface area (Å²) in [6, 6.07) is 11.5. The predicted octanol–water partition coefficient (Wildman–Crippen LogP) is 2.70. The zero-order valence-electron chi connectivity index (χ0n) is 25.2. The topological polar surface area (TPSA) is 154 Å². The molecule has 1 saturated carbocycles. The van der Waals surface area contributed by atoms with Gasteiger partial charge in [-0.1, -0.05) is 12.5 Å². The molecule has 4 unspecified atom stereocenters. The van der Waals surface area contributed by atoms with Crippen LogP contribution in [-0.4, -0.2) is 62.4 Å². The molecule has 0 radical (unpaired) electrons. The number of benzene rings is 2. The maximum Gasteiger partial charge on any atom is 0.337 e. The minimum absolute atomic E-state index is 0.0373. The van der Waals surface area contributed by atoms with E-state index >= 15 is 0 Å². The molecule has 0 aromatic heterocycles. The first kappa shape index (κ1) is 29.9. The monoisotopic (exact) mass is 614 g/mol. The Morgan fingerprint density at radius 1 is 0.667 bits per heavy atom. The second-order valence-electron chi connectivity index (χ2n) is 11.7. The van der Waals surface area contributed by atoms with Crippen molar-refractivity contribution in [1.82, 2.24) is 0 Å². The Hall–Kier alpha value is -5.13. The smallest absolute Gasteiger partial charge is 0.337 e. The van der Waals surface area contributed by atoms with Gasteiger partial charge in [-0.25, -0.2) is 14.4 Å². The number of imide groups is 2. The van der Waals surface area contributed by atoms with Crippen molar-refractivity contribution in [1.29, 1.82) is 0 Å². The van der Waals surface area contributed by atoms with E-state index in [1.54, 1.807) is 20.8 Å². The van der Waals surface area contributed by atoms with Crippen LogP contribution in [0.2, 0.25) is 0 Å². The van der Waals surface area contributed by atoms with Gasteiger partial charge in [-0.3, -0.25) is 29.0 Å². The van der Waals surface area contributed by atoms with Crippen LogP contribution in [0.3, 0.4) is 0 Å². The summed E-state index contributed by atoms with van der Waals surface area (Å²) < 4.78 is 14.9. The molecular weight excluding hydrogens is 584 g/mol. The van der Waals surface area contributed by atoms with Gasteiger partial charge in [0.25, 0.3) is 0 Å². The molecular formula is C33H30N2O10. The molecule has 3 aliphatic carbocycles. The third-order valence-electron chi connectivity index (χ3n) is 9.77. The number of hydrogen-bond acceptors (Lipinski definition) is 10. The zero-order chi connectivity index (χ0) is 32.5. The van der Waals surface area contributed by atoms with Gasteiger partial charge in [0.1, 0.15) is 0 Å². The first-order valence-electron chi connectivity index (χ1n) is 14.4. The highest BCUT2D eigenvalue weighted by Gasteiger charge is 2.77. The molecule has 3 fully saturated rings. The Morgan fingerprint density at radius 2 is 1.07 bits per heavy atom. The summed E-state index contributed by atoms with van der Waals surface area (Å²) in [4.78, 5) is 96.4. The minimum Gasteiger partial charge on any atom is -0.465 e. The number of esters is 3. The lowest BCUT2D eigenvalue weighted by Crippen LogP contribution is -2.61. The number of allylic oxidation sites excluding steroid dienone is 1. The van der Waals surface area contributed by atoms with Crippen molar-refractivity contribution >= 4 is 52.9 Å². The van der Waals surface area contributed by atoms with E-state index in [4.69, 9.17) is 14.2 Å². The molecule has 12 heteroatoms. The Bertz CT molecular complexity index is 1620. The fraction of sp³-hybridized carbons (Fsp3) is 0.364. The second kappa shape index (κ2) is 10.5. The van der Waals surface area contributed by atoms with Gasteiger partial charge in [-0.15, -0.1) is 0 Å². The molecule has 0 spiro atoms. The number of anilines is 2. The van der Waals surface area contributed by atoms with Crippen LogP contribution in [0.1, 0.15) is 41.5 Å². The molecule has 4 amide bonds. The quantitative estimate of drug-likeness (QED) is 0.270. The summed E-state index contributed by atoms with van der Waals surface area (Å²) in [7, 11) is 2.47. The molecule has 2 aliphatic heterocycles.